The van der Waals surface area contributed by atoms with Crippen molar-refractivity contribution in [1.82, 2.24) is 19.1 Å². The Labute approximate surface area is 166 Å². The monoisotopic (exact) mass is 407 g/mol. The van der Waals surface area contributed by atoms with Crippen molar-refractivity contribution in [3.8, 4) is 0 Å². The minimum absolute atomic E-state index is 0.00474. The fourth-order valence-corrected chi connectivity index (χ4v) is 3.29. The fraction of sp³-hybridized carbons (Fsp3) is 0.611. The van der Waals surface area contributed by atoms with Crippen molar-refractivity contribution in [2.75, 3.05) is 5.73 Å². The van der Waals surface area contributed by atoms with Crippen molar-refractivity contribution < 1.29 is 23.8 Å². The highest BCUT2D eigenvalue weighted by Crippen LogP contribution is 2.33. The van der Waals surface area contributed by atoms with E-state index >= 15 is 0 Å². The van der Waals surface area contributed by atoms with Crippen LogP contribution in [-0.4, -0.2) is 43.4 Å². The zero-order valence-corrected chi connectivity index (χ0v) is 16.7. The van der Waals surface area contributed by atoms with Gasteiger partial charge in [0.25, 0.3) is 0 Å². The molecule has 3 heterocycles. The summed E-state index contributed by atoms with van der Waals surface area (Å²) in [4.78, 5) is 44.6. The SMILES string of the molecule is CCCCn1c(=O)n([C@@H]2O[C@@H](OC(=O)CC)C[C@H]2OC(C)=O)c2nc(N)ncc21. The van der Waals surface area contributed by atoms with Gasteiger partial charge in [-0.25, -0.2) is 14.3 Å². The zero-order valence-electron chi connectivity index (χ0n) is 16.7. The van der Waals surface area contributed by atoms with Crippen LogP contribution in [-0.2, 0) is 30.3 Å². The van der Waals surface area contributed by atoms with E-state index in [0.29, 0.717) is 12.1 Å². The number of aromatic nitrogens is 4. The molecule has 0 bridgehead atoms. The van der Waals surface area contributed by atoms with Gasteiger partial charge in [-0.3, -0.25) is 14.2 Å². The van der Waals surface area contributed by atoms with Gasteiger partial charge in [0.2, 0.25) is 12.2 Å². The third kappa shape index (κ3) is 4.24. The van der Waals surface area contributed by atoms with Crippen LogP contribution in [0.5, 0.6) is 0 Å². The lowest BCUT2D eigenvalue weighted by molar-refractivity contribution is -0.183. The molecule has 0 radical (unpaired) electrons. The number of aryl methyl sites for hydroxylation is 1. The number of nitrogens with two attached hydrogens (primary N) is 1. The van der Waals surface area contributed by atoms with Gasteiger partial charge in [0.1, 0.15) is 5.52 Å². The molecule has 1 aliphatic rings. The summed E-state index contributed by atoms with van der Waals surface area (Å²) in [5.74, 6) is -1.00. The summed E-state index contributed by atoms with van der Waals surface area (Å²) < 4.78 is 19.2. The van der Waals surface area contributed by atoms with E-state index in [4.69, 9.17) is 19.9 Å². The Kier molecular flexibility index (Phi) is 6.16. The van der Waals surface area contributed by atoms with E-state index in [9.17, 15) is 14.4 Å². The Balaban J connectivity index is 2.07. The van der Waals surface area contributed by atoms with Crippen molar-refractivity contribution in [3.63, 3.8) is 0 Å². The quantitative estimate of drug-likeness (QED) is 0.668. The van der Waals surface area contributed by atoms with E-state index in [-0.39, 0.29) is 24.4 Å². The smallest absolute Gasteiger partial charge is 0.332 e. The van der Waals surface area contributed by atoms with Gasteiger partial charge in [0, 0.05) is 19.9 Å². The molecule has 1 fully saturated rings. The van der Waals surface area contributed by atoms with E-state index in [0.717, 1.165) is 12.8 Å². The number of hydrogen-bond acceptors (Lipinski definition) is 9. The van der Waals surface area contributed by atoms with Crippen molar-refractivity contribution in [2.45, 2.75) is 71.6 Å². The molecule has 2 aromatic rings. The Morgan fingerprint density at radius 3 is 2.76 bits per heavy atom. The number of imidazole rings is 1. The Bertz CT molecular complexity index is 968. The van der Waals surface area contributed by atoms with Crippen LogP contribution in [0.15, 0.2) is 11.0 Å². The summed E-state index contributed by atoms with van der Waals surface area (Å²) in [7, 11) is 0. The van der Waals surface area contributed by atoms with Crippen LogP contribution in [0, 0.1) is 0 Å². The first-order valence-corrected chi connectivity index (χ1v) is 9.61. The summed E-state index contributed by atoms with van der Waals surface area (Å²) >= 11 is 0. The van der Waals surface area contributed by atoms with Crippen LogP contribution < -0.4 is 11.4 Å². The third-order valence-electron chi connectivity index (χ3n) is 4.62. The normalized spacial score (nSPS) is 21.4. The Morgan fingerprint density at radius 1 is 1.34 bits per heavy atom. The predicted molar refractivity (Wildman–Crippen MR) is 102 cm³/mol. The molecule has 1 aliphatic heterocycles. The summed E-state index contributed by atoms with van der Waals surface area (Å²) in [6.07, 6.45) is 0.626. The molecule has 3 atom stereocenters. The average Bonchev–Trinajstić information content (AvgIpc) is 3.16. The third-order valence-corrected chi connectivity index (χ3v) is 4.62. The number of rotatable bonds is 7. The van der Waals surface area contributed by atoms with Gasteiger partial charge in [-0.2, -0.15) is 4.98 Å². The highest BCUT2D eigenvalue weighted by atomic mass is 16.7. The van der Waals surface area contributed by atoms with Crippen LogP contribution in [0.4, 0.5) is 5.95 Å². The molecule has 0 amide bonds. The lowest BCUT2D eigenvalue weighted by Gasteiger charge is -2.19. The number of carbonyl (C=O) groups excluding carboxylic acids is 2. The van der Waals surface area contributed by atoms with Gasteiger partial charge in [-0.1, -0.05) is 20.3 Å². The largest absolute Gasteiger partial charge is 0.457 e. The second-order valence-corrected chi connectivity index (χ2v) is 6.78. The number of anilines is 1. The molecular weight excluding hydrogens is 382 g/mol. The standard InChI is InChI=1S/C18H25N5O6/c1-4-6-7-22-11-9-20-17(19)21-15(11)23(18(22)26)16-12(27-10(3)24)8-14(29-16)28-13(25)5-2/h9,12,14,16H,4-8H2,1-3H3,(H2,19,20,21)/t12-,14-,16-/m1/s1. The van der Waals surface area contributed by atoms with Crippen molar-refractivity contribution in [2.24, 2.45) is 0 Å². The van der Waals surface area contributed by atoms with Gasteiger partial charge in [-0.05, 0) is 6.42 Å². The molecule has 0 aliphatic carbocycles. The fourth-order valence-electron chi connectivity index (χ4n) is 3.29. The second kappa shape index (κ2) is 8.60. The molecule has 0 unspecified atom stereocenters. The summed E-state index contributed by atoms with van der Waals surface area (Å²) in [6, 6.07) is 0. The van der Waals surface area contributed by atoms with E-state index in [1.807, 2.05) is 6.92 Å². The first-order chi connectivity index (χ1) is 13.8. The summed E-state index contributed by atoms with van der Waals surface area (Å²) in [6.45, 7) is 5.40. The lowest BCUT2D eigenvalue weighted by atomic mass is 10.2. The van der Waals surface area contributed by atoms with E-state index < -0.39 is 36.3 Å². The molecule has 1 saturated heterocycles. The minimum atomic E-state index is -1.01. The van der Waals surface area contributed by atoms with E-state index in [2.05, 4.69) is 9.97 Å². The maximum atomic E-state index is 13.2. The number of nitrogen functional groups attached to an aromatic ring is 1. The Morgan fingerprint density at radius 2 is 2.10 bits per heavy atom. The van der Waals surface area contributed by atoms with Gasteiger partial charge >= 0.3 is 17.6 Å². The van der Waals surface area contributed by atoms with Crippen molar-refractivity contribution in [1.29, 1.82) is 0 Å². The molecule has 0 aromatic carbocycles. The van der Waals surface area contributed by atoms with Crippen LogP contribution >= 0.6 is 0 Å². The molecule has 11 heteroatoms. The molecule has 2 aromatic heterocycles. The predicted octanol–water partition coefficient (Wildman–Crippen LogP) is 1.11. The van der Waals surface area contributed by atoms with Crippen molar-refractivity contribution in [3.05, 3.63) is 16.7 Å². The maximum absolute atomic E-state index is 13.2. The lowest BCUT2D eigenvalue weighted by Crippen LogP contribution is -2.33. The molecule has 0 saturated carbocycles. The molecule has 158 valence electrons. The van der Waals surface area contributed by atoms with Crippen molar-refractivity contribution >= 4 is 29.1 Å². The first-order valence-electron chi connectivity index (χ1n) is 9.61. The maximum Gasteiger partial charge on any atom is 0.332 e. The van der Waals surface area contributed by atoms with Crippen LogP contribution in [0.1, 0.15) is 52.7 Å². The van der Waals surface area contributed by atoms with Gasteiger partial charge in [-0.15, -0.1) is 0 Å². The zero-order chi connectivity index (χ0) is 21.1. The van der Waals surface area contributed by atoms with E-state index in [1.165, 1.54) is 22.3 Å². The number of carbonyl (C=O) groups is 2. The number of esters is 2. The Hall–Kier alpha value is -2.95. The number of hydrogen-bond donors (Lipinski definition) is 1. The van der Waals surface area contributed by atoms with Gasteiger partial charge in [0.15, 0.2) is 18.0 Å². The summed E-state index contributed by atoms with van der Waals surface area (Å²) in [5, 5.41) is 0. The number of fused-ring (bicyclic) bond motifs is 1. The molecule has 0 spiro atoms. The molecular formula is C18H25N5O6. The second-order valence-electron chi connectivity index (χ2n) is 6.78. The van der Waals surface area contributed by atoms with Gasteiger partial charge < -0.3 is 19.9 Å². The topological polar surface area (TPSA) is 141 Å². The highest BCUT2D eigenvalue weighted by molar-refractivity contribution is 5.72. The molecule has 3 rings (SSSR count). The molecule has 29 heavy (non-hydrogen) atoms. The number of ether oxygens (including phenoxy) is 3. The number of nitrogens with zero attached hydrogens (tertiary/aromatic N) is 4. The number of unbranched alkanes of at least 4 members (excludes halogenated alkanes) is 1. The minimum Gasteiger partial charge on any atom is -0.457 e. The van der Waals surface area contributed by atoms with Crippen LogP contribution in [0.3, 0.4) is 0 Å². The van der Waals surface area contributed by atoms with Crippen LogP contribution in [0.2, 0.25) is 0 Å². The van der Waals surface area contributed by atoms with Gasteiger partial charge in [0.05, 0.1) is 12.6 Å². The van der Waals surface area contributed by atoms with E-state index in [1.54, 1.807) is 6.92 Å². The first kappa shape index (κ1) is 20.8. The van der Waals surface area contributed by atoms with Crippen LogP contribution in [0.25, 0.3) is 11.2 Å². The average molecular weight is 407 g/mol. The summed E-state index contributed by atoms with van der Waals surface area (Å²) in [5.41, 5.74) is 6.11. The highest BCUT2D eigenvalue weighted by Gasteiger charge is 2.43. The molecule has 11 nitrogen and oxygen atoms in total. The molecule has 2 N–H and O–H groups in total.